The lowest BCUT2D eigenvalue weighted by atomic mass is 10.2. The van der Waals surface area contributed by atoms with Crippen molar-refractivity contribution in [3.8, 4) is 0 Å². The molecule has 0 atom stereocenters. The first-order valence-corrected chi connectivity index (χ1v) is 6.72. The van der Waals surface area contributed by atoms with Crippen LogP contribution in [-0.4, -0.2) is 45.9 Å². The average Bonchev–Trinajstić information content (AvgIpc) is 2.96. The smallest absolute Gasteiger partial charge is 0.180 e. The van der Waals surface area contributed by atoms with E-state index in [4.69, 9.17) is 4.42 Å². The van der Waals surface area contributed by atoms with Gasteiger partial charge in [0.1, 0.15) is 12.1 Å². The summed E-state index contributed by atoms with van der Waals surface area (Å²) in [6.45, 7) is 5.09. The maximum Gasteiger partial charge on any atom is 0.180 e. The Bertz CT molecular complexity index is 538. The van der Waals surface area contributed by atoms with Crippen molar-refractivity contribution in [2.45, 2.75) is 13.1 Å². The highest BCUT2D eigenvalue weighted by Crippen LogP contribution is 2.11. The van der Waals surface area contributed by atoms with Crippen LogP contribution in [-0.2, 0) is 13.1 Å². The Kier molecular flexibility index (Phi) is 4.03. The van der Waals surface area contributed by atoms with Crippen molar-refractivity contribution in [2.24, 2.45) is 0 Å². The molecule has 20 heavy (non-hydrogen) atoms. The summed E-state index contributed by atoms with van der Waals surface area (Å²) in [6.07, 6.45) is 4.77. The van der Waals surface area contributed by atoms with Gasteiger partial charge < -0.3 is 4.42 Å². The molecule has 0 unspecified atom stereocenters. The zero-order valence-electron chi connectivity index (χ0n) is 11.2. The van der Waals surface area contributed by atoms with E-state index in [0.29, 0.717) is 12.2 Å². The van der Waals surface area contributed by atoms with Crippen molar-refractivity contribution < 1.29 is 8.81 Å². The topological polar surface area (TPSA) is 45.4 Å². The zero-order chi connectivity index (χ0) is 13.8. The third-order valence-electron chi connectivity index (χ3n) is 3.54. The number of rotatable bonds is 4. The fourth-order valence-electron chi connectivity index (χ4n) is 2.40. The molecule has 0 aliphatic carbocycles. The molecular formula is C14H17FN4O. The standard InChI is InChI=1S/C14H17FN4O/c15-13-2-1-3-16-14(13)9-19-6-4-18(5-7-19)8-12-10-20-11-17-12/h1-3,10-11H,4-9H2. The normalized spacial score (nSPS) is 17.4. The fraction of sp³-hybridized carbons (Fsp3) is 0.429. The van der Waals surface area contributed by atoms with Crippen molar-refractivity contribution in [1.29, 1.82) is 0 Å². The monoisotopic (exact) mass is 276 g/mol. The molecule has 1 aliphatic heterocycles. The first-order chi connectivity index (χ1) is 9.81. The van der Waals surface area contributed by atoms with Gasteiger partial charge in [-0.25, -0.2) is 9.37 Å². The Morgan fingerprint density at radius 2 is 1.85 bits per heavy atom. The lowest BCUT2D eigenvalue weighted by Gasteiger charge is -2.34. The Hall–Kier alpha value is -1.79. The largest absolute Gasteiger partial charge is 0.451 e. The predicted molar refractivity (Wildman–Crippen MR) is 71.3 cm³/mol. The first-order valence-electron chi connectivity index (χ1n) is 6.72. The van der Waals surface area contributed by atoms with Gasteiger partial charge in [-0.1, -0.05) is 0 Å². The van der Waals surface area contributed by atoms with Gasteiger partial charge in [0.05, 0.1) is 11.4 Å². The minimum atomic E-state index is -0.225. The molecule has 3 heterocycles. The van der Waals surface area contributed by atoms with E-state index in [9.17, 15) is 4.39 Å². The van der Waals surface area contributed by atoms with Crippen molar-refractivity contribution >= 4 is 0 Å². The fourth-order valence-corrected chi connectivity index (χ4v) is 2.40. The van der Waals surface area contributed by atoms with Crippen LogP contribution in [0.5, 0.6) is 0 Å². The van der Waals surface area contributed by atoms with E-state index < -0.39 is 0 Å². The third kappa shape index (κ3) is 3.20. The molecule has 0 spiro atoms. The third-order valence-corrected chi connectivity index (χ3v) is 3.54. The molecule has 1 fully saturated rings. The molecule has 1 aliphatic rings. The van der Waals surface area contributed by atoms with Crippen LogP contribution in [0.1, 0.15) is 11.4 Å². The van der Waals surface area contributed by atoms with Gasteiger partial charge in [-0.3, -0.25) is 14.8 Å². The second-order valence-corrected chi connectivity index (χ2v) is 4.96. The molecule has 6 heteroatoms. The maximum absolute atomic E-state index is 13.6. The van der Waals surface area contributed by atoms with Crippen LogP contribution in [0.25, 0.3) is 0 Å². The molecule has 0 N–H and O–H groups in total. The number of hydrogen-bond donors (Lipinski definition) is 0. The van der Waals surface area contributed by atoms with Gasteiger partial charge in [0, 0.05) is 45.5 Å². The molecule has 0 radical (unpaired) electrons. The lowest BCUT2D eigenvalue weighted by Crippen LogP contribution is -2.45. The second-order valence-electron chi connectivity index (χ2n) is 4.96. The van der Waals surface area contributed by atoms with Crippen LogP contribution in [0.4, 0.5) is 4.39 Å². The number of piperazine rings is 1. The van der Waals surface area contributed by atoms with E-state index in [0.717, 1.165) is 38.4 Å². The van der Waals surface area contributed by atoms with E-state index >= 15 is 0 Å². The van der Waals surface area contributed by atoms with Crippen molar-refractivity contribution in [2.75, 3.05) is 26.2 Å². The molecule has 5 nitrogen and oxygen atoms in total. The number of hydrogen-bond acceptors (Lipinski definition) is 5. The molecule has 1 saturated heterocycles. The summed E-state index contributed by atoms with van der Waals surface area (Å²) in [4.78, 5) is 12.8. The summed E-state index contributed by atoms with van der Waals surface area (Å²) in [7, 11) is 0. The highest BCUT2D eigenvalue weighted by Gasteiger charge is 2.19. The predicted octanol–water partition coefficient (Wildman–Crippen LogP) is 1.53. The number of pyridine rings is 1. The molecule has 2 aromatic heterocycles. The summed E-state index contributed by atoms with van der Waals surface area (Å²) >= 11 is 0. The Morgan fingerprint density at radius 3 is 2.50 bits per heavy atom. The maximum atomic E-state index is 13.6. The number of aromatic nitrogens is 2. The molecule has 0 bridgehead atoms. The van der Waals surface area contributed by atoms with E-state index in [-0.39, 0.29) is 5.82 Å². The Labute approximate surface area is 117 Å². The quantitative estimate of drug-likeness (QED) is 0.847. The van der Waals surface area contributed by atoms with Crippen molar-refractivity contribution in [3.05, 3.63) is 48.2 Å². The van der Waals surface area contributed by atoms with Crippen LogP contribution in [0.2, 0.25) is 0 Å². The Balaban J connectivity index is 1.50. The van der Waals surface area contributed by atoms with Crippen molar-refractivity contribution in [3.63, 3.8) is 0 Å². The van der Waals surface area contributed by atoms with E-state index in [1.165, 1.54) is 12.5 Å². The van der Waals surface area contributed by atoms with Gasteiger partial charge in [-0.05, 0) is 12.1 Å². The number of halogens is 1. The van der Waals surface area contributed by atoms with E-state index in [2.05, 4.69) is 19.8 Å². The van der Waals surface area contributed by atoms with Crippen LogP contribution in [0.15, 0.2) is 35.4 Å². The molecular weight excluding hydrogens is 259 g/mol. The first kappa shape index (κ1) is 13.2. The van der Waals surface area contributed by atoms with Gasteiger partial charge in [-0.2, -0.15) is 0 Å². The van der Waals surface area contributed by atoms with E-state index in [1.807, 2.05) is 0 Å². The molecule has 3 rings (SSSR count). The number of nitrogens with zero attached hydrogens (tertiary/aromatic N) is 4. The molecule has 0 saturated carbocycles. The summed E-state index contributed by atoms with van der Waals surface area (Å²) in [5, 5.41) is 0. The Morgan fingerprint density at radius 1 is 1.10 bits per heavy atom. The molecule has 0 aromatic carbocycles. The summed E-state index contributed by atoms with van der Waals surface area (Å²) in [5.74, 6) is -0.225. The van der Waals surface area contributed by atoms with Crippen LogP contribution < -0.4 is 0 Å². The van der Waals surface area contributed by atoms with Gasteiger partial charge >= 0.3 is 0 Å². The molecule has 2 aromatic rings. The minimum absolute atomic E-state index is 0.225. The SMILES string of the molecule is Fc1cccnc1CN1CCN(Cc2cocn2)CC1. The van der Waals surface area contributed by atoms with Crippen LogP contribution >= 0.6 is 0 Å². The minimum Gasteiger partial charge on any atom is -0.451 e. The molecule has 0 amide bonds. The molecule has 106 valence electrons. The van der Waals surface area contributed by atoms with Gasteiger partial charge in [0.2, 0.25) is 0 Å². The highest BCUT2D eigenvalue weighted by molar-refractivity contribution is 5.07. The van der Waals surface area contributed by atoms with Crippen LogP contribution in [0, 0.1) is 5.82 Å². The van der Waals surface area contributed by atoms with Gasteiger partial charge in [0.15, 0.2) is 6.39 Å². The summed E-state index contributed by atoms with van der Waals surface area (Å²) in [5.41, 5.74) is 1.48. The number of oxazole rings is 1. The van der Waals surface area contributed by atoms with E-state index in [1.54, 1.807) is 18.5 Å². The highest BCUT2D eigenvalue weighted by atomic mass is 19.1. The average molecular weight is 276 g/mol. The summed E-state index contributed by atoms with van der Waals surface area (Å²) in [6, 6.07) is 3.08. The van der Waals surface area contributed by atoms with Crippen molar-refractivity contribution in [1.82, 2.24) is 19.8 Å². The second kappa shape index (κ2) is 6.11. The van der Waals surface area contributed by atoms with Gasteiger partial charge in [-0.15, -0.1) is 0 Å². The lowest BCUT2D eigenvalue weighted by molar-refractivity contribution is 0.119. The van der Waals surface area contributed by atoms with Gasteiger partial charge in [0.25, 0.3) is 0 Å². The summed E-state index contributed by atoms with van der Waals surface area (Å²) < 4.78 is 18.5. The zero-order valence-corrected chi connectivity index (χ0v) is 11.2. The van der Waals surface area contributed by atoms with Crippen LogP contribution in [0.3, 0.4) is 0 Å².